The number of benzene rings is 1. The van der Waals surface area contributed by atoms with E-state index in [0.29, 0.717) is 47.1 Å². The smallest absolute Gasteiger partial charge is 0.312 e. The molecular formula is C19H16ClNO5S. The number of rotatable bonds is 5. The van der Waals surface area contributed by atoms with Crippen molar-refractivity contribution >= 4 is 28.9 Å². The Morgan fingerprint density at radius 3 is 3.00 bits per heavy atom. The molecule has 0 amide bonds. The Morgan fingerprint density at radius 1 is 1.33 bits per heavy atom. The van der Waals surface area contributed by atoms with Crippen molar-refractivity contribution in [3.8, 4) is 22.3 Å². The summed E-state index contributed by atoms with van der Waals surface area (Å²) < 4.78 is 22.0. The topological polar surface area (TPSA) is 70.8 Å². The van der Waals surface area contributed by atoms with Gasteiger partial charge in [0.15, 0.2) is 11.5 Å². The summed E-state index contributed by atoms with van der Waals surface area (Å²) in [4.78, 5) is 17.5. The van der Waals surface area contributed by atoms with E-state index in [1.54, 1.807) is 19.1 Å². The first kappa shape index (κ1) is 17.9. The molecule has 140 valence electrons. The molecule has 0 radical (unpaired) electrons. The standard InChI is InChI=1S/C19H16ClNO5S/c1-11-14(21-19(26-11)16-3-2-6-27-16)9-17(22)25-10-12-7-13(20)18-15(8-12)23-4-5-24-18/h2-3,6-8H,4-5,9-10H2,1H3. The molecule has 0 spiro atoms. The highest BCUT2D eigenvalue weighted by atomic mass is 35.5. The number of thiophene rings is 1. The van der Waals surface area contributed by atoms with Crippen LogP contribution in [0.1, 0.15) is 17.0 Å². The molecule has 0 saturated carbocycles. The lowest BCUT2D eigenvalue weighted by Crippen LogP contribution is -2.16. The van der Waals surface area contributed by atoms with E-state index in [4.69, 9.17) is 30.2 Å². The molecule has 1 aromatic carbocycles. The second-order valence-corrected chi connectivity index (χ2v) is 7.29. The number of oxazole rings is 1. The number of carbonyl (C=O) groups is 1. The molecule has 1 aliphatic heterocycles. The van der Waals surface area contributed by atoms with Crippen LogP contribution in [-0.2, 0) is 22.6 Å². The van der Waals surface area contributed by atoms with Crippen LogP contribution in [0.4, 0.5) is 0 Å². The molecule has 0 atom stereocenters. The van der Waals surface area contributed by atoms with Crippen molar-refractivity contribution in [2.75, 3.05) is 13.2 Å². The number of aryl methyl sites for hydroxylation is 1. The molecular weight excluding hydrogens is 390 g/mol. The molecule has 4 rings (SSSR count). The van der Waals surface area contributed by atoms with Crippen LogP contribution in [0.3, 0.4) is 0 Å². The Hall–Kier alpha value is -2.51. The van der Waals surface area contributed by atoms with E-state index in [0.717, 1.165) is 10.4 Å². The Labute approximate surface area is 164 Å². The Balaban J connectivity index is 1.40. The number of halogens is 1. The maximum absolute atomic E-state index is 12.2. The van der Waals surface area contributed by atoms with Gasteiger partial charge in [-0.2, -0.15) is 0 Å². The van der Waals surface area contributed by atoms with Gasteiger partial charge < -0.3 is 18.6 Å². The number of nitrogens with zero attached hydrogens (tertiary/aromatic N) is 1. The maximum Gasteiger partial charge on any atom is 0.312 e. The van der Waals surface area contributed by atoms with E-state index >= 15 is 0 Å². The molecule has 8 heteroatoms. The van der Waals surface area contributed by atoms with Crippen LogP contribution in [0.5, 0.6) is 11.5 Å². The molecule has 27 heavy (non-hydrogen) atoms. The molecule has 0 aliphatic carbocycles. The fourth-order valence-corrected chi connectivity index (χ4v) is 3.63. The summed E-state index contributed by atoms with van der Waals surface area (Å²) in [6.07, 6.45) is 0.0407. The van der Waals surface area contributed by atoms with Crippen molar-refractivity contribution in [1.29, 1.82) is 0 Å². The summed E-state index contributed by atoms with van der Waals surface area (Å²) in [6, 6.07) is 7.32. The molecule has 0 unspecified atom stereocenters. The molecule has 3 aromatic rings. The minimum atomic E-state index is -0.393. The number of hydrogen-bond acceptors (Lipinski definition) is 7. The predicted octanol–water partition coefficient (Wildman–Crippen LogP) is 4.42. The summed E-state index contributed by atoms with van der Waals surface area (Å²) in [7, 11) is 0. The quantitative estimate of drug-likeness (QED) is 0.585. The number of ether oxygens (including phenoxy) is 3. The molecule has 0 bridgehead atoms. The Bertz CT molecular complexity index is 967. The zero-order valence-electron chi connectivity index (χ0n) is 14.5. The second kappa shape index (κ2) is 7.62. The molecule has 6 nitrogen and oxygen atoms in total. The van der Waals surface area contributed by atoms with Crippen LogP contribution >= 0.6 is 22.9 Å². The van der Waals surface area contributed by atoms with Gasteiger partial charge in [0.25, 0.3) is 0 Å². The third kappa shape index (κ3) is 3.94. The van der Waals surface area contributed by atoms with Gasteiger partial charge >= 0.3 is 5.97 Å². The van der Waals surface area contributed by atoms with E-state index in [1.165, 1.54) is 11.3 Å². The summed E-state index contributed by atoms with van der Waals surface area (Å²) in [6.45, 7) is 2.80. The average molecular weight is 406 g/mol. The average Bonchev–Trinajstić information content (AvgIpc) is 3.31. The number of hydrogen-bond donors (Lipinski definition) is 0. The van der Waals surface area contributed by atoms with E-state index < -0.39 is 5.97 Å². The Morgan fingerprint density at radius 2 is 2.19 bits per heavy atom. The van der Waals surface area contributed by atoms with Gasteiger partial charge in [0, 0.05) is 0 Å². The van der Waals surface area contributed by atoms with Crippen molar-refractivity contribution in [3.63, 3.8) is 0 Å². The largest absolute Gasteiger partial charge is 0.486 e. The van der Waals surface area contributed by atoms with Crippen LogP contribution in [-0.4, -0.2) is 24.2 Å². The third-order valence-electron chi connectivity index (χ3n) is 3.99. The number of carbonyl (C=O) groups excluding carboxylic acids is 1. The van der Waals surface area contributed by atoms with Crippen molar-refractivity contribution in [3.05, 3.63) is 51.7 Å². The van der Waals surface area contributed by atoms with Crippen LogP contribution in [0, 0.1) is 6.92 Å². The third-order valence-corrected chi connectivity index (χ3v) is 5.13. The second-order valence-electron chi connectivity index (χ2n) is 5.94. The van der Waals surface area contributed by atoms with Crippen LogP contribution in [0.25, 0.3) is 10.8 Å². The predicted molar refractivity (Wildman–Crippen MR) is 100 cm³/mol. The van der Waals surface area contributed by atoms with Crippen molar-refractivity contribution in [1.82, 2.24) is 4.98 Å². The summed E-state index contributed by atoms with van der Waals surface area (Å²) >= 11 is 7.73. The maximum atomic E-state index is 12.2. The fourth-order valence-electron chi connectivity index (χ4n) is 2.70. The van der Waals surface area contributed by atoms with E-state index in [2.05, 4.69) is 4.98 Å². The zero-order valence-corrected chi connectivity index (χ0v) is 16.1. The van der Waals surface area contributed by atoms with Crippen LogP contribution in [0.2, 0.25) is 5.02 Å². The monoisotopic (exact) mass is 405 g/mol. The summed E-state index contributed by atoms with van der Waals surface area (Å²) in [5, 5.41) is 2.38. The van der Waals surface area contributed by atoms with E-state index in [-0.39, 0.29) is 13.0 Å². The normalized spacial score (nSPS) is 12.8. The molecule has 2 aromatic heterocycles. The minimum Gasteiger partial charge on any atom is -0.486 e. The highest BCUT2D eigenvalue weighted by Gasteiger charge is 2.19. The highest BCUT2D eigenvalue weighted by molar-refractivity contribution is 7.13. The SMILES string of the molecule is Cc1oc(-c2cccs2)nc1CC(=O)OCc1cc(Cl)c2c(c1)OCCO2. The number of fused-ring (bicyclic) bond motifs is 1. The van der Waals surface area contributed by atoms with Gasteiger partial charge in [-0.3, -0.25) is 4.79 Å². The first-order valence-electron chi connectivity index (χ1n) is 8.34. The van der Waals surface area contributed by atoms with Gasteiger partial charge in [-0.25, -0.2) is 4.98 Å². The van der Waals surface area contributed by atoms with Gasteiger partial charge in [0.1, 0.15) is 25.6 Å². The molecule has 0 saturated heterocycles. The first-order chi connectivity index (χ1) is 13.1. The zero-order chi connectivity index (χ0) is 18.8. The van der Waals surface area contributed by atoms with Crippen LogP contribution < -0.4 is 9.47 Å². The van der Waals surface area contributed by atoms with E-state index in [1.807, 2.05) is 17.5 Å². The molecule has 1 aliphatic rings. The molecule has 3 heterocycles. The lowest BCUT2D eigenvalue weighted by atomic mass is 10.2. The number of aromatic nitrogens is 1. The van der Waals surface area contributed by atoms with Crippen LogP contribution in [0.15, 0.2) is 34.1 Å². The van der Waals surface area contributed by atoms with Gasteiger partial charge in [-0.15, -0.1) is 11.3 Å². The van der Waals surface area contributed by atoms with Gasteiger partial charge in [-0.1, -0.05) is 17.7 Å². The Kier molecular flexibility index (Phi) is 5.05. The minimum absolute atomic E-state index is 0.0407. The first-order valence-corrected chi connectivity index (χ1v) is 9.60. The fraction of sp³-hybridized carbons (Fsp3) is 0.263. The lowest BCUT2D eigenvalue weighted by Gasteiger charge is -2.20. The summed E-state index contributed by atoms with van der Waals surface area (Å²) in [5.41, 5.74) is 1.30. The summed E-state index contributed by atoms with van der Waals surface area (Å²) in [5.74, 6) is 1.82. The lowest BCUT2D eigenvalue weighted by molar-refractivity contribution is -0.144. The van der Waals surface area contributed by atoms with Crippen molar-refractivity contribution < 1.29 is 23.4 Å². The van der Waals surface area contributed by atoms with Gasteiger partial charge in [0.05, 0.1) is 22.0 Å². The molecule has 0 fully saturated rings. The van der Waals surface area contributed by atoms with Crippen molar-refractivity contribution in [2.24, 2.45) is 0 Å². The van der Waals surface area contributed by atoms with Gasteiger partial charge in [-0.05, 0) is 36.1 Å². The van der Waals surface area contributed by atoms with Crippen molar-refractivity contribution in [2.45, 2.75) is 20.0 Å². The molecule has 0 N–H and O–H groups in total. The van der Waals surface area contributed by atoms with Gasteiger partial charge in [0.2, 0.25) is 5.89 Å². The highest BCUT2D eigenvalue weighted by Crippen LogP contribution is 2.38. The number of esters is 1. The van der Waals surface area contributed by atoms with E-state index in [9.17, 15) is 4.79 Å².